The van der Waals surface area contributed by atoms with Crippen molar-refractivity contribution in [2.75, 3.05) is 5.33 Å². The highest BCUT2D eigenvalue weighted by Gasteiger charge is 2.32. The van der Waals surface area contributed by atoms with E-state index in [2.05, 4.69) is 33.4 Å². The van der Waals surface area contributed by atoms with Crippen molar-refractivity contribution in [1.29, 1.82) is 0 Å². The number of carbonyl (C=O) groups is 1. The molecule has 3 heteroatoms. The fourth-order valence-electron chi connectivity index (χ4n) is 1.78. The highest BCUT2D eigenvalue weighted by Crippen LogP contribution is 2.40. The summed E-state index contributed by atoms with van der Waals surface area (Å²) in [7, 11) is 0. The third-order valence-electron chi connectivity index (χ3n) is 2.69. The van der Waals surface area contributed by atoms with Crippen LogP contribution in [0.2, 0.25) is 0 Å². The number of carbonyl (C=O) groups excluding carboxylic acids is 1. The van der Waals surface area contributed by atoms with Gasteiger partial charge in [-0.1, -0.05) is 46.3 Å². The molecule has 80 valence electrons. The van der Waals surface area contributed by atoms with Gasteiger partial charge in [0.25, 0.3) is 0 Å². The lowest BCUT2D eigenvalue weighted by Gasteiger charge is -2.18. The highest BCUT2D eigenvalue weighted by atomic mass is 79.9. The van der Waals surface area contributed by atoms with Gasteiger partial charge >= 0.3 is 0 Å². The fourth-order valence-corrected chi connectivity index (χ4v) is 1.94. The highest BCUT2D eigenvalue weighted by molar-refractivity contribution is 9.09. The first-order valence-electron chi connectivity index (χ1n) is 5.21. The van der Waals surface area contributed by atoms with Crippen molar-refractivity contribution in [2.24, 2.45) is 5.92 Å². The van der Waals surface area contributed by atoms with Crippen LogP contribution >= 0.6 is 15.9 Å². The molecule has 1 aromatic rings. The van der Waals surface area contributed by atoms with Crippen LogP contribution < -0.4 is 5.32 Å². The number of alkyl halides is 1. The number of hydrogen-bond donors (Lipinski definition) is 1. The van der Waals surface area contributed by atoms with Crippen molar-refractivity contribution >= 4 is 21.8 Å². The van der Waals surface area contributed by atoms with E-state index in [1.54, 1.807) is 0 Å². The van der Waals surface area contributed by atoms with Gasteiger partial charge in [-0.15, -0.1) is 0 Å². The summed E-state index contributed by atoms with van der Waals surface area (Å²) >= 11 is 3.17. The number of rotatable bonds is 4. The second kappa shape index (κ2) is 4.79. The van der Waals surface area contributed by atoms with E-state index in [0.29, 0.717) is 11.2 Å². The molecule has 1 saturated carbocycles. The van der Waals surface area contributed by atoms with E-state index >= 15 is 0 Å². The zero-order chi connectivity index (χ0) is 10.7. The molecule has 0 radical (unpaired) electrons. The van der Waals surface area contributed by atoms with Gasteiger partial charge < -0.3 is 5.32 Å². The fraction of sp³-hybridized carbons (Fsp3) is 0.417. The minimum Gasteiger partial charge on any atom is -0.348 e. The van der Waals surface area contributed by atoms with Gasteiger partial charge in [-0.3, -0.25) is 4.79 Å². The Bertz CT molecular complexity index is 335. The van der Waals surface area contributed by atoms with Gasteiger partial charge in [0.1, 0.15) is 0 Å². The van der Waals surface area contributed by atoms with Gasteiger partial charge in [-0.25, -0.2) is 0 Å². The number of halogens is 1. The Balaban J connectivity index is 2.10. The molecule has 0 heterocycles. The molecule has 0 bridgehead atoms. The average molecular weight is 268 g/mol. The minimum atomic E-state index is 0.0655. The molecular formula is C12H14BrNO. The molecule has 1 aliphatic rings. The first-order chi connectivity index (χ1) is 7.31. The third kappa shape index (κ3) is 2.81. The Morgan fingerprint density at radius 1 is 1.40 bits per heavy atom. The number of benzene rings is 1. The van der Waals surface area contributed by atoms with Gasteiger partial charge in [0.15, 0.2) is 0 Å². The Morgan fingerprint density at radius 2 is 2.07 bits per heavy atom. The van der Waals surface area contributed by atoms with Crippen LogP contribution in [0.3, 0.4) is 0 Å². The molecule has 1 unspecified atom stereocenters. The standard InChI is InChI=1S/C12H14BrNO/c13-8-11(15)14-12(10-6-7-10)9-4-2-1-3-5-9/h1-5,10,12H,6-8H2,(H,14,15). The van der Waals surface area contributed by atoms with Crippen LogP contribution in [0.1, 0.15) is 24.4 Å². The van der Waals surface area contributed by atoms with Crippen molar-refractivity contribution in [2.45, 2.75) is 18.9 Å². The predicted octanol–water partition coefficient (Wildman–Crippen LogP) is 2.65. The number of nitrogens with one attached hydrogen (secondary N) is 1. The Kier molecular flexibility index (Phi) is 3.41. The summed E-state index contributed by atoms with van der Waals surface area (Å²) in [6.07, 6.45) is 2.45. The minimum absolute atomic E-state index is 0.0655. The van der Waals surface area contributed by atoms with Crippen molar-refractivity contribution in [1.82, 2.24) is 5.32 Å². The predicted molar refractivity (Wildman–Crippen MR) is 63.8 cm³/mol. The lowest BCUT2D eigenvalue weighted by molar-refractivity contribution is -0.119. The molecule has 0 aliphatic heterocycles. The Hall–Kier alpha value is -0.830. The van der Waals surface area contributed by atoms with Crippen LogP contribution in [0.25, 0.3) is 0 Å². The molecule has 2 nitrogen and oxygen atoms in total. The molecule has 1 N–H and O–H groups in total. The summed E-state index contributed by atoms with van der Waals surface area (Å²) in [5.74, 6) is 0.700. The van der Waals surface area contributed by atoms with E-state index in [4.69, 9.17) is 0 Å². The molecule has 0 saturated heterocycles. The molecule has 2 rings (SSSR count). The second-order valence-electron chi connectivity index (χ2n) is 3.93. The maximum absolute atomic E-state index is 11.4. The summed E-state index contributed by atoms with van der Waals surface area (Å²) in [4.78, 5) is 11.4. The maximum Gasteiger partial charge on any atom is 0.231 e. The largest absolute Gasteiger partial charge is 0.348 e. The maximum atomic E-state index is 11.4. The summed E-state index contributed by atoms with van der Waals surface area (Å²) in [5.41, 5.74) is 1.22. The summed E-state index contributed by atoms with van der Waals surface area (Å²) < 4.78 is 0. The summed E-state index contributed by atoms with van der Waals surface area (Å²) in [5, 5.41) is 3.44. The normalized spacial score (nSPS) is 17.1. The van der Waals surface area contributed by atoms with E-state index < -0.39 is 0 Å². The molecule has 0 spiro atoms. The van der Waals surface area contributed by atoms with Gasteiger partial charge in [0, 0.05) is 0 Å². The molecule has 0 aromatic heterocycles. The van der Waals surface area contributed by atoms with Gasteiger partial charge in [-0.2, -0.15) is 0 Å². The summed E-state index contributed by atoms with van der Waals surface area (Å²) in [6.45, 7) is 0. The molecule has 15 heavy (non-hydrogen) atoms. The SMILES string of the molecule is O=C(CBr)NC(c1ccccc1)C1CC1. The topological polar surface area (TPSA) is 29.1 Å². The van der Waals surface area contributed by atoms with Gasteiger partial charge in [-0.05, 0) is 24.3 Å². The van der Waals surface area contributed by atoms with Gasteiger partial charge in [0.05, 0.1) is 11.4 Å². The second-order valence-corrected chi connectivity index (χ2v) is 4.49. The zero-order valence-electron chi connectivity index (χ0n) is 8.45. The molecule has 1 aliphatic carbocycles. The van der Waals surface area contributed by atoms with E-state index in [9.17, 15) is 4.79 Å². The van der Waals surface area contributed by atoms with E-state index in [1.165, 1.54) is 18.4 Å². The lowest BCUT2D eigenvalue weighted by Crippen LogP contribution is -2.30. The smallest absolute Gasteiger partial charge is 0.231 e. The van der Waals surface area contributed by atoms with E-state index in [-0.39, 0.29) is 11.9 Å². The quantitative estimate of drug-likeness (QED) is 0.836. The molecular weight excluding hydrogens is 254 g/mol. The molecule has 1 atom stereocenters. The third-order valence-corrected chi connectivity index (χ3v) is 3.20. The molecule has 1 fully saturated rings. The Labute approximate surface area is 98.2 Å². The van der Waals surface area contributed by atoms with Crippen molar-refractivity contribution < 1.29 is 4.79 Å². The van der Waals surface area contributed by atoms with E-state index in [1.807, 2.05) is 18.2 Å². The van der Waals surface area contributed by atoms with Crippen LogP contribution in [0.15, 0.2) is 30.3 Å². The zero-order valence-corrected chi connectivity index (χ0v) is 10.0. The number of hydrogen-bond acceptors (Lipinski definition) is 1. The first kappa shape index (κ1) is 10.7. The molecule has 1 aromatic carbocycles. The number of amides is 1. The Morgan fingerprint density at radius 3 is 2.60 bits per heavy atom. The lowest BCUT2D eigenvalue weighted by atomic mass is 10.0. The van der Waals surface area contributed by atoms with Crippen LogP contribution in [0.4, 0.5) is 0 Å². The van der Waals surface area contributed by atoms with Crippen LogP contribution in [0, 0.1) is 5.92 Å². The first-order valence-corrected chi connectivity index (χ1v) is 6.33. The van der Waals surface area contributed by atoms with Crippen molar-refractivity contribution in [3.05, 3.63) is 35.9 Å². The van der Waals surface area contributed by atoms with Crippen molar-refractivity contribution in [3.63, 3.8) is 0 Å². The monoisotopic (exact) mass is 267 g/mol. The average Bonchev–Trinajstić information content (AvgIpc) is 3.10. The van der Waals surface area contributed by atoms with Gasteiger partial charge in [0.2, 0.25) is 5.91 Å². The molecule has 1 amide bonds. The van der Waals surface area contributed by atoms with Crippen molar-refractivity contribution in [3.8, 4) is 0 Å². The van der Waals surface area contributed by atoms with Crippen LogP contribution in [-0.2, 0) is 4.79 Å². The van der Waals surface area contributed by atoms with Crippen LogP contribution in [-0.4, -0.2) is 11.2 Å². The van der Waals surface area contributed by atoms with E-state index in [0.717, 1.165) is 0 Å². The summed E-state index contributed by atoms with van der Waals surface area (Å²) in [6, 6.07) is 10.4. The van der Waals surface area contributed by atoms with Crippen LogP contribution in [0.5, 0.6) is 0 Å².